The zero-order valence-corrected chi connectivity index (χ0v) is 44.4. The van der Waals surface area contributed by atoms with Gasteiger partial charge < -0.3 is 0 Å². The van der Waals surface area contributed by atoms with E-state index in [2.05, 4.69) is 249 Å². The molecule has 0 N–H and O–H groups in total. The number of benzene rings is 9. The third-order valence-electron chi connectivity index (χ3n) is 12.1. The van der Waals surface area contributed by atoms with Crippen molar-refractivity contribution in [1.29, 1.82) is 0 Å². The largest absolute Gasteiger partial charge is 0.273 e. The smallest absolute Gasteiger partial charge is 0.154 e. The molecule has 70 heavy (non-hydrogen) atoms. The van der Waals surface area contributed by atoms with Crippen LogP contribution in [0.25, 0.3) is 0 Å². The van der Waals surface area contributed by atoms with Crippen molar-refractivity contribution in [2.45, 2.75) is 44.9 Å². The van der Waals surface area contributed by atoms with Crippen LogP contribution in [0.2, 0.25) is 0 Å². The van der Waals surface area contributed by atoms with Gasteiger partial charge in [-0.15, -0.1) is 43.6 Å². The molecule has 1 aliphatic rings. The predicted octanol–water partition coefficient (Wildman–Crippen LogP) is 14.3. The fraction of sp³-hybridized carbons (Fsp3) is 0.108. The summed E-state index contributed by atoms with van der Waals surface area (Å²) in [6, 6.07) is 88.6. The van der Waals surface area contributed by atoms with Crippen LogP contribution in [0.3, 0.4) is 0 Å². The molecule has 5 heteroatoms. The molecule has 9 aromatic rings. The Morgan fingerprint density at radius 1 is 0.286 bits per heavy atom. The van der Waals surface area contributed by atoms with Crippen molar-refractivity contribution in [3.05, 3.63) is 328 Å². The van der Waals surface area contributed by atoms with Crippen LogP contribution >= 0.6 is 37.2 Å². The molecular weight excluding hydrogens is 963 g/mol. The zero-order chi connectivity index (χ0) is 44.6. The van der Waals surface area contributed by atoms with E-state index in [0.717, 1.165) is 44.9 Å². The van der Waals surface area contributed by atoms with E-state index in [9.17, 15) is 0 Å². The first-order valence-electron chi connectivity index (χ1n) is 23.4. The molecule has 1 radical (unpaired) electrons. The Hall–Kier alpha value is -5.74. The molecular formula is C65H59Cl3SiTi-. The van der Waals surface area contributed by atoms with Crippen molar-refractivity contribution in [3.8, 4) is 0 Å². The van der Waals surface area contributed by atoms with Gasteiger partial charge in [-0.1, -0.05) is 252 Å². The van der Waals surface area contributed by atoms with Gasteiger partial charge in [-0.25, -0.2) is 12.2 Å². The fourth-order valence-electron chi connectivity index (χ4n) is 9.16. The number of rotatable bonds is 15. The third kappa shape index (κ3) is 16.4. The van der Waals surface area contributed by atoms with E-state index in [0.29, 0.717) is 0 Å². The molecule has 349 valence electrons. The summed E-state index contributed by atoms with van der Waals surface area (Å²) in [5, 5.41) is 4.32. The number of hydrogen-bond acceptors (Lipinski definition) is 0. The van der Waals surface area contributed by atoms with Gasteiger partial charge in [-0.3, -0.25) is 6.08 Å². The standard InChI is InChI=1S/C60H51Si.C5H5.3ClH.Ti/c1-7-19-46(20-8-1)31-52-37-53(32-47-21-9-2-10-22-47)41-58(40-52)61(59-42-54(33-48-23-11-3-12-24-48)38-55(43-59)34-49-25-13-4-14-26-49)60-44-56(35-50-27-15-5-16-28-50)39-57(45-60)36-51-29-17-6-18-30-51;1-2-4-5-3-1;;;;/h1-30,37-45H,31-36H2;1-3H,4H2;3*1H;/q;-1;;;;. The van der Waals surface area contributed by atoms with Crippen LogP contribution in [0.4, 0.5) is 0 Å². The van der Waals surface area contributed by atoms with Crippen LogP contribution in [0.5, 0.6) is 0 Å². The Balaban J connectivity index is 0.000000955. The Labute approximate surface area is 452 Å². The first-order valence-corrected chi connectivity index (χ1v) is 24.9. The summed E-state index contributed by atoms with van der Waals surface area (Å²) in [4.78, 5) is 0. The minimum Gasteiger partial charge on any atom is -0.273 e. The molecule has 0 heterocycles. The summed E-state index contributed by atoms with van der Waals surface area (Å²) in [7, 11) is -1.56. The van der Waals surface area contributed by atoms with E-state index < -0.39 is 8.80 Å². The van der Waals surface area contributed by atoms with E-state index in [1.54, 1.807) is 0 Å². The monoisotopic (exact) mass is 1020 g/mol. The molecule has 0 saturated heterocycles. The second-order valence-electron chi connectivity index (χ2n) is 17.5. The molecule has 0 aliphatic heterocycles. The summed E-state index contributed by atoms with van der Waals surface area (Å²) in [5.41, 5.74) is 16.2. The SMILES string of the molecule is Cl.Cl.Cl.[C-]1=CC=CC1.[Ti].c1ccc(Cc2cc(Cc3ccccc3)cc([Si](c3cc(Cc4ccccc4)cc(Cc4ccccc4)c3)c3cc(Cc4ccccc4)cc(Cc4ccccc4)c3)c2)cc1. The molecule has 0 atom stereocenters. The van der Waals surface area contributed by atoms with Gasteiger partial charge in [-0.05, 0) is 105 Å². The van der Waals surface area contributed by atoms with Gasteiger partial charge in [0.15, 0.2) is 8.80 Å². The van der Waals surface area contributed by atoms with E-state index in [-0.39, 0.29) is 58.9 Å². The topological polar surface area (TPSA) is 0 Å². The van der Waals surface area contributed by atoms with E-state index in [1.165, 1.54) is 82.3 Å². The first-order chi connectivity index (χ1) is 32.6. The molecule has 0 aromatic heterocycles. The maximum atomic E-state index is 2.99. The fourth-order valence-corrected chi connectivity index (χ4v) is 12.1. The Morgan fingerprint density at radius 2 is 0.500 bits per heavy atom. The maximum Gasteiger partial charge on any atom is 0.154 e. The zero-order valence-electron chi connectivity index (χ0n) is 39.4. The van der Waals surface area contributed by atoms with Crippen LogP contribution in [0.1, 0.15) is 73.2 Å². The van der Waals surface area contributed by atoms with Gasteiger partial charge in [0.2, 0.25) is 0 Å². The molecule has 0 amide bonds. The number of halogens is 3. The van der Waals surface area contributed by atoms with Crippen molar-refractivity contribution in [1.82, 2.24) is 0 Å². The summed E-state index contributed by atoms with van der Waals surface area (Å²) in [5.74, 6) is 0. The summed E-state index contributed by atoms with van der Waals surface area (Å²) in [6.07, 6.45) is 15.4. The first kappa shape index (κ1) is 55.2. The molecule has 0 saturated carbocycles. The van der Waals surface area contributed by atoms with E-state index in [4.69, 9.17) is 0 Å². The molecule has 0 unspecified atom stereocenters. The van der Waals surface area contributed by atoms with Gasteiger partial charge in [0.1, 0.15) is 0 Å². The molecule has 9 aromatic carbocycles. The van der Waals surface area contributed by atoms with Crippen molar-refractivity contribution in [3.63, 3.8) is 0 Å². The van der Waals surface area contributed by atoms with Crippen LogP contribution in [-0.2, 0) is 60.2 Å². The number of hydrogen-bond donors (Lipinski definition) is 0. The summed E-state index contributed by atoms with van der Waals surface area (Å²) < 4.78 is 0. The second-order valence-corrected chi connectivity index (χ2v) is 19.9. The average molecular weight is 1020 g/mol. The summed E-state index contributed by atoms with van der Waals surface area (Å²) in [6.45, 7) is 0. The van der Waals surface area contributed by atoms with Gasteiger partial charge in [0, 0.05) is 21.7 Å². The molecule has 0 bridgehead atoms. The van der Waals surface area contributed by atoms with Gasteiger partial charge in [-0.2, -0.15) is 6.08 Å². The molecule has 0 fully saturated rings. The normalized spacial score (nSPS) is 11.0. The minimum atomic E-state index is -1.56. The third-order valence-corrected chi connectivity index (χ3v) is 14.7. The Kier molecular flexibility index (Phi) is 22.7. The second kappa shape index (κ2) is 28.8. The van der Waals surface area contributed by atoms with E-state index in [1.807, 2.05) is 12.2 Å². The van der Waals surface area contributed by atoms with Crippen molar-refractivity contribution < 1.29 is 21.7 Å². The van der Waals surface area contributed by atoms with Crippen LogP contribution in [0, 0.1) is 6.08 Å². The quantitative estimate of drug-likeness (QED) is 0.0545. The van der Waals surface area contributed by atoms with E-state index >= 15 is 0 Å². The molecule has 1 aliphatic carbocycles. The van der Waals surface area contributed by atoms with Crippen molar-refractivity contribution >= 4 is 61.6 Å². The van der Waals surface area contributed by atoms with Crippen LogP contribution < -0.4 is 15.6 Å². The Morgan fingerprint density at radius 3 is 0.657 bits per heavy atom. The van der Waals surface area contributed by atoms with Crippen molar-refractivity contribution in [2.75, 3.05) is 0 Å². The molecule has 0 nitrogen and oxygen atoms in total. The Bertz CT molecular complexity index is 2480. The summed E-state index contributed by atoms with van der Waals surface area (Å²) >= 11 is 0. The van der Waals surface area contributed by atoms with Crippen LogP contribution in [0.15, 0.2) is 255 Å². The molecule has 0 spiro atoms. The van der Waals surface area contributed by atoms with Gasteiger partial charge in [0.25, 0.3) is 0 Å². The van der Waals surface area contributed by atoms with Gasteiger partial charge >= 0.3 is 0 Å². The average Bonchev–Trinajstić information content (AvgIpc) is 3.95. The van der Waals surface area contributed by atoms with Crippen molar-refractivity contribution in [2.24, 2.45) is 0 Å². The van der Waals surface area contributed by atoms with Gasteiger partial charge in [0.05, 0.1) is 0 Å². The minimum absolute atomic E-state index is 0. The maximum absolute atomic E-state index is 2.99. The molecule has 10 rings (SSSR count). The predicted molar refractivity (Wildman–Crippen MR) is 303 cm³/mol. The van der Waals surface area contributed by atoms with Crippen LogP contribution in [-0.4, -0.2) is 8.80 Å². The number of allylic oxidation sites excluding steroid dienone is 4.